The topological polar surface area (TPSA) is 107 Å². The number of hydrogen-bond donors (Lipinski definition) is 2. The number of aromatic nitrogens is 4. The van der Waals surface area contributed by atoms with Gasteiger partial charge in [0, 0.05) is 11.5 Å². The number of nitrogens with zero attached hydrogens (tertiary/aromatic N) is 4. The van der Waals surface area contributed by atoms with Crippen LogP contribution in [0.25, 0.3) is 5.82 Å². The average molecular weight is 371 g/mol. The standard InChI is InChI=1S/C19H25N5O3/c1-19(2,3)14(10-25)21-18(26)16-12-5-4-11-8-13(11)17(12)24(22-16)15-9-23(27)7-6-20-15/h6-7,9,11,13-14,25H,4-5,8,10H2,1-3H3,(H,21,26)/t11-,13+,14-/m1/s1. The lowest BCUT2D eigenvalue weighted by atomic mass is 9.87. The zero-order valence-electron chi connectivity index (χ0n) is 15.8. The summed E-state index contributed by atoms with van der Waals surface area (Å²) < 4.78 is 2.35. The van der Waals surface area contributed by atoms with Crippen molar-refractivity contribution in [2.45, 2.75) is 52.0 Å². The van der Waals surface area contributed by atoms with E-state index in [9.17, 15) is 15.1 Å². The van der Waals surface area contributed by atoms with E-state index in [2.05, 4.69) is 15.4 Å². The number of carbonyl (C=O) groups is 1. The molecule has 2 aliphatic rings. The second-order valence-electron chi connectivity index (χ2n) is 8.61. The zero-order chi connectivity index (χ0) is 19.3. The minimum Gasteiger partial charge on any atom is -0.619 e. The van der Waals surface area contributed by atoms with Gasteiger partial charge in [-0.3, -0.25) is 4.79 Å². The van der Waals surface area contributed by atoms with Gasteiger partial charge in [-0.15, -0.1) is 0 Å². The van der Waals surface area contributed by atoms with E-state index in [1.165, 1.54) is 18.6 Å². The van der Waals surface area contributed by atoms with Gasteiger partial charge in [0.25, 0.3) is 5.91 Å². The maximum Gasteiger partial charge on any atom is 0.272 e. The Morgan fingerprint density at radius 1 is 1.52 bits per heavy atom. The van der Waals surface area contributed by atoms with Gasteiger partial charge in [0.2, 0.25) is 12.0 Å². The fourth-order valence-electron chi connectivity index (χ4n) is 3.92. The van der Waals surface area contributed by atoms with Gasteiger partial charge in [0.05, 0.1) is 24.5 Å². The van der Waals surface area contributed by atoms with Crippen LogP contribution in [0.4, 0.5) is 0 Å². The maximum atomic E-state index is 13.0. The number of carbonyl (C=O) groups excluding carboxylic acids is 1. The van der Waals surface area contributed by atoms with Crippen molar-refractivity contribution >= 4 is 5.91 Å². The summed E-state index contributed by atoms with van der Waals surface area (Å²) in [5.41, 5.74) is 2.05. The Labute approximate surface area is 157 Å². The van der Waals surface area contributed by atoms with Gasteiger partial charge in [0.15, 0.2) is 11.9 Å². The summed E-state index contributed by atoms with van der Waals surface area (Å²) in [6.07, 6.45) is 7.06. The minimum absolute atomic E-state index is 0.140. The molecule has 3 atom stereocenters. The molecule has 2 N–H and O–H groups in total. The number of rotatable bonds is 4. The number of aliphatic hydroxyl groups excluding tert-OH is 1. The van der Waals surface area contributed by atoms with Crippen molar-refractivity contribution in [3.8, 4) is 5.82 Å². The third-order valence-corrected chi connectivity index (χ3v) is 5.69. The molecule has 4 rings (SSSR count). The minimum atomic E-state index is -0.373. The van der Waals surface area contributed by atoms with E-state index in [0.29, 0.717) is 28.1 Å². The molecule has 2 aromatic heterocycles. The van der Waals surface area contributed by atoms with Crippen LogP contribution in [0.5, 0.6) is 0 Å². The van der Waals surface area contributed by atoms with E-state index < -0.39 is 0 Å². The van der Waals surface area contributed by atoms with Gasteiger partial charge in [-0.1, -0.05) is 20.8 Å². The van der Waals surface area contributed by atoms with Crippen LogP contribution in [-0.4, -0.2) is 38.4 Å². The lowest BCUT2D eigenvalue weighted by Crippen LogP contribution is -2.46. The molecule has 1 fully saturated rings. The molecule has 0 saturated heterocycles. The van der Waals surface area contributed by atoms with E-state index in [1.54, 1.807) is 4.68 Å². The second kappa shape index (κ2) is 6.30. The van der Waals surface area contributed by atoms with Crippen LogP contribution in [0.2, 0.25) is 0 Å². The zero-order valence-corrected chi connectivity index (χ0v) is 15.8. The van der Waals surface area contributed by atoms with Crippen molar-refractivity contribution in [1.29, 1.82) is 0 Å². The Balaban J connectivity index is 1.74. The van der Waals surface area contributed by atoms with Crippen molar-refractivity contribution in [2.75, 3.05) is 6.61 Å². The van der Waals surface area contributed by atoms with Crippen LogP contribution in [0.1, 0.15) is 61.3 Å². The van der Waals surface area contributed by atoms with Crippen LogP contribution in [-0.2, 0) is 6.42 Å². The fraction of sp³-hybridized carbons (Fsp3) is 0.579. The quantitative estimate of drug-likeness (QED) is 0.618. The number of aliphatic hydroxyl groups is 1. The van der Waals surface area contributed by atoms with Crippen LogP contribution in [0.3, 0.4) is 0 Å². The lowest BCUT2D eigenvalue weighted by Gasteiger charge is -2.29. The Bertz CT molecular complexity index is 886. The van der Waals surface area contributed by atoms with Crippen molar-refractivity contribution in [2.24, 2.45) is 11.3 Å². The molecule has 2 aliphatic carbocycles. The number of fused-ring (bicyclic) bond motifs is 3. The van der Waals surface area contributed by atoms with Crippen molar-refractivity contribution in [3.05, 3.63) is 40.7 Å². The number of amides is 1. The monoisotopic (exact) mass is 371 g/mol. The summed E-state index contributed by atoms with van der Waals surface area (Å²) >= 11 is 0. The van der Waals surface area contributed by atoms with E-state index >= 15 is 0 Å². The van der Waals surface area contributed by atoms with Crippen LogP contribution < -0.4 is 10.0 Å². The van der Waals surface area contributed by atoms with Gasteiger partial charge in [-0.2, -0.15) is 9.83 Å². The highest BCUT2D eigenvalue weighted by atomic mass is 16.5. The summed E-state index contributed by atoms with van der Waals surface area (Å²) in [5, 5.41) is 28.8. The molecule has 1 saturated carbocycles. The van der Waals surface area contributed by atoms with Gasteiger partial charge < -0.3 is 15.6 Å². The highest BCUT2D eigenvalue weighted by molar-refractivity contribution is 5.94. The predicted octanol–water partition coefficient (Wildman–Crippen LogP) is 1.09. The Kier molecular flexibility index (Phi) is 4.18. The molecule has 2 aromatic rings. The summed E-state index contributed by atoms with van der Waals surface area (Å²) in [7, 11) is 0. The van der Waals surface area contributed by atoms with Crippen LogP contribution in [0, 0.1) is 16.5 Å². The summed E-state index contributed by atoms with van der Waals surface area (Å²) in [5.74, 6) is 1.14. The summed E-state index contributed by atoms with van der Waals surface area (Å²) in [6, 6.07) is -0.373. The van der Waals surface area contributed by atoms with E-state index in [1.807, 2.05) is 20.8 Å². The molecule has 0 spiro atoms. The Morgan fingerprint density at radius 3 is 2.96 bits per heavy atom. The molecular weight excluding hydrogens is 346 g/mol. The highest BCUT2D eigenvalue weighted by Gasteiger charge is 2.47. The molecule has 8 nitrogen and oxygen atoms in total. The van der Waals surface area contributed by atoms with Crippen molar-refractivity contribution in [3.63, 3.8) is 0 Å². The summed E-state index contributed by atoms with van der Waals surface area (Å²) in [6.45, 7) is 5.77. The van der Waals surface area contributed by atoms with Crippen molar-refractivity contribution < 1.29 is 14.6 Å². The van der Waals surface area contributed by atoms with Crippen LogP contribution in [0.15, 0.2) is 18.6 Å². The molecule has 27 heavy (non-hydrogen) atoms. The largest absolute Gasteiger partial charge is 0.619 e. The van der Waals surface area contributed by atoms with Gasteiger partial charge in [0.1, 0.15) is 0 Å². The van der Waals surface area contributed by atoms with Crippen LogP contribution >= 0.6 is 0 Å². The average Bonchev–Trinajstić information content (AvgIpc) is 3.30. The molecule has 0 unspecified atom stereocenters. The first-order valence-electron chi connectivity index (χ1n) is 9.38. The van der Waals surface area contributed by atoms with E-state index in [-0.39, 0.29) is 24.0 Å². The van der Waals surface area contributed by atoms with E-state index in [4.69, 9.17) is 0 Å². The first-order chi connectivity index (χ1) is 12.8. The number of hydrogen-bond acceptors (Lipinski definition) is 5. The maximum absolute atomic E-state index is 13.0. The molecule has 144 valence electrons. The molecule has 0 aliphatic heterocycles. The summed E-state index contributed by atoms with van der Waals surface area (Å²) in [4.78, 5) is 17.2. The first kappa shape index (κ1) is 17.9. The molecule has 0 radical (unpaired) electrons. The third kappa shape index (κ3) is 3.18. The normalized spacial score (nSPS) is 21.9. The molecule has 0 aromatic carbocycles. The molecule has 8 heteroatoms. The van der Waals surface area contributed by atoms with Gasteiger partial charge in [-0.25, -0.2) is 9.67 Å². The van der Waals surface area contributed by atoms with E-state index in [0.717, 1.165) is 30.5 Å². The van der Waals surface area contributed by atoms with Crippen molar-refractivity contribution in [1.82, 2.24) is 20.1 Å². The Hall–Kier alpha value is -2.48. The lowest BCUT2D eigenvalue weighted by molar-refractivity contribution is -0.605. The second-order valence-corrected chi connectivity index (χ2v) is 8.61. The first-order valence-corrected chi connectivity index (χ1v) is 9.38. The molecule has 2 heterocycles. The highest BCUT2D eigenvalue weighted by Crippen LogP contribution is 2.55. The smallest absolute Gasteiger partial charge is 0.272 e. The SMILES string of the molecule is CC(C)(C)[C@@H](CO)NC(=O)c1nn(-c2c[n+]([O-])ccn2)c2c1CC[C@@H]1C[C@H]21. The third-order valence-electron chi connectivity index (χ3n) is 5.69. The molecule has 0 bridgehead atoms. The van der Waals surface area contributed by atoms with Gasteiger partial charge in [-0.05, 0) is 30.6 Å². The number of nitrogens with one attached hydrogen (secondary N) is 1. The molecule has 1 amide bonds. The molecular formula is C19H25N5O3. The van der Waals surface area contributed by atoms with Gasteiger partial charge >= 0.3 is 0 Å². The Morgan fingerprint density at radius 2 is 2.30 bits per heavy atom. The predicted molar refractivity (Wildman–Crippen MR) is 97.3 cm³/mol. The fourth-order valence-corrected chi connectivity index (χ4v) is 3.92.